The number of hydrogen-bond donors (Lipinski definition) is 2. The largest absolute Gasteiger partial charge is 0.351 e. The third-order valence-electron chi connectivity index (χ3n) is 4.51. The highest BCUT2D eigenvalue weighted by Gasteiger charge is 2.42. The quantitative estimate of drug-likeness (QED) is 0.882. The molecular formula is C17H25ClN2OS. The Morgan fingerprint density at radius 3 is 2.55 bits per heavy atom. The standard InChI is InChI=1S/C17H24N2OS.ClH/c20-16(19-14-7-6-12-18-13-14)17(10-4-5-11-17)21-15-8-2-1-3-9-15;/h1-3,8-9,14,18H,4-7,10-13H2,(H,19,20);1H. The van der Waals surface area contributed by atoms with Gasteiger partial charge in [0.25, 0.3) is 0 Å². The van der Waals surface area contributed by atoms with Gasteiger partial charge in [0.1, 0.15) is 0 Å². The summed E-state index contributed by atoms with van der Waals surface area (Å²) in [6.45, 7) is 1.99. The topological polar surface area (TPSA) is 41.1 Å². The summed E-state index contributed by atoms with van der Waals surface area (Å²) in [6, 6.07) is 10.7. The van der Waals surface area contributed by atoms with Gasteiger partial charge < -0.3 is 10.6 Å². The van der Waals surface area contributed by atoms with E-state index in [2.05, 4.69) is 22.8 Å². The summed E-state index contributed by atoms with van der Waals surface area (Å²) in [7, 11) is 0. The van der Waals surface area contributed by atoms with E-state index in [1.165, 1.54) is 4.90 Å². The first-order valence-electron chi connectivity index (χ1n) is 8.04. The van der Waals surface area contributed by atoms with Gasteiger partial charge in [-0.1, -0.05) is 31.0 Å². The second-order valence-electron chi connectivity index (χ2n) is 6.13. The van der Waals surface area contributed by atoms with Gasteiger partial charge in [-0.2, -0.15) is 0 Å². The van der Waals surface area contributed by atoms with Gasteiger partial charge in [0.15, 0.2) is 0 Å². The summed E-state index contributed by atoms with van der Waals surface area (Å²) in [6.07, 6.45) is 6.58. The van der Waals surface area contributed by atoms with E-state index in [0.717, 1.165) is 51.6 Å². The zero-order valence-electron chi connectivity index (χ0n) is 12.8. The number of thioether (sulfide) groups is 1. The average molecular weight is 341 g/mol. The molecule has 5 heteroatoms. The van der Waals surface area contributed by atoms with Crippen LogP contribution >= 0.6 is 24.2 Å². The van der Waals surface area contributed by atoms with Gasteiger partial charge in [0.2, 0.25) is 5.91 Å². The Kier molecular flexibility index (Phi) is 6.60. The molecule has 1 heterocycles. The van der Waals surface area contributed by atoms with Crippen LogP contribution in [0, 0.1) is 0 Å². The van der Waals surface area contributed by atoms with Gasteiger partial charge in [-0.05, 0) is 44.4 Å². The number of halogens is 1. The molecule has 122 valence electrons. The Bertz CT molecular complexity index is 471. The molecule has 0 aromatic heterocycles. The Labute approximate surface area is 143 Å². The molecule has 2 fully saturated rings. The zero-order valence-corrected chi connectivity index (χ0v) is 14.5. The van der Waals surface area contributed by atoms with Crippen LogP contribution in [0.15, 0.2) is 35.2 Å². The molecule has 22 heavy (non-hydrogen) atoms. The number of rotatable bonds is 4. The van der Waals surface area contributed by atoms with Crippen molar-refractivity contribution in [1.29, 1.82) is 0 Å². The molecular weight excluding hydrogens is 316 g/mol. The van der Waals surface area contributed by atoms with E-state index in [9.17, 15) is 4.79 Å². The molecule has 1 aliphatic carbocycles. The van der Waals surface area contributed by atoms with E-state index in [0.29, 0.717) is 6.04 Å². The SMILES string of the molecule is Cl.O=C(NC1CCCNC1)C1(Sc2ccccc2)CCCC1. The van der Waals surface area contributed by atoms with Crippen LogP contribution in [0.3, 0.4) is 0 Å². The predicted molar refractivity (Wildman–Crippen MR) is 94.8 cm³/mol. The second kappa shape index (κ2) is 8.23. The van der Waals surface area contributed by atoms with E-state index in [-0.39, 0.29) is 23.1 Å². The van der Waals surface area contributed by atoms with E-state index >= 15 is 0 Å². The van der Waals surface area contributed by atoms with Crippen LogP contribution in [-0.4, -0.2) is 29.8 Å². The lowest BCUT2D eigenvalue weighted by Crippen LogP contribution is -2.51. The Morgan fingerprint density at radius 2 is 1.91 bits per heavy atom. The Balaban J connectivity index is 0.00000176. The highest BCUT2D eigenvalue weighted by molar-refractivity contribution is 8.01. The molecule has 0 bridgehead atoms. The molecule has 2 aliphatic rings. The number of piperidine rings is 1. The molecule has 1 atom stereocenters. The van der Waals surface area contributed by atoms with Crippen molar-refractivity contribution in [2.24, 2.45) is 0 Å². The molecule has 1 aromatic rings. The fourth-order valence-corrected chi connectivity index (χ4v) is 4.72. The van der Waals surface area contributed by atoms with Gasteiger partial charge in [0.05, 0.1) is 4.75 Å². The van der Waals surface area contributed by atoms with Crippen LogP contribution in [0.5, 0.6) is 0 Å². The van der Waals surface area contributed by atoms with E-state index in [1.54, 1.807) is 11.8 Å². The van der Waals surface area contributed by atoms with Crippen molar-refractivity contribution in [3.05, 3.63) is 30.3 Å². The summed E-state index contributed by atoms with van der Waals surface area (Å²) >= 11 is 1.76. The fourth-order valence-electron chi connectivity index (χ4n) is 3.33. The summed E-state index contributed by atoms with van der Waals surface area (Å²) in [5.74, 6) is 0.252. The molecule has 2 N–H and O–H groups in total. The molecule has 1 amide bonds. The van der Waals surface area contributed by atoms with Crippen LogP contribution in [0.2, 0.25) is 0 Å². The Hall–Kier alpha value is -0.710. The normalized spacial score (nSPS) is 23.5. The minimum Gasteiger partial charge on any atom is -0.351 e. The number of amides is 1. The third-order valence-corrected chi connectivity index (χ3v) is 6.01. The van der Waals surface area contributed by atoms with E-state index in [1.807, 2.05) is 18.2 Å². The lowest BCUT2D eigenvalue weighted by atomic mass is 10.0. The van der Waals surface area contributed by atoms with Crippen molar-refractivity contribution in [1.82, 2.24) is 10.6 Å². The first-order valence-corrected chi connectivity index (χ1v) is 8.86. The van der Waals surface area contributed by atoms with Crippen LogP contribution in [0.4, 0.5) is 0 Å². The summed E-state index contributed by atoms with van der Waals surface area (Å²) in [4.78, 5) is 14.1. The van der Waals surface area contributed by atoms with E-state index < -0.39 is 0 Å². The maximum Gasteiger partial charge on any atom is 0.236 e. The molecule has 1 saturated heterocycles. The zero-order chi connectivity index (χ0) is 14.5. The van der Waals surface area contributed by atoms with Crippen molar-refractivity contribution < 1.29 is 4.79 Å². The average Bonchev–Trinajstić information content (AvgIpc) is 2.99. The number of nitrogens with one attached hydrogen (secondary N) is 2. The fraction of sp³-hybridized carbons (Fsp3) is 0.588. The summed E-state index contributed by atoms with van der Waals surface area (Å²) in [5.41, 5.74) is 0. The smallest absolute Gasteiger partial charge is 0.236 e. The monoisotopic (exact) mass is 340 g/mol. The highest BCUT2D eigenvalue weighted by atomic mass is 35.5. The molecule has 3 rings (SSSR count). The number of carbonyl (C=O) groups excluding carboxylic acids is 1. The molecule has 1 unspecified atom stereocenters. The molecule has 0 spiro atoms. The summed E-state index contributed by atoms with van der Waals surface area (Å²) < 4.78 is -0.251. The summed E-state index contributed by atoms with van der Waals surface area (Å²) in [5, 5.41) is 6.67. The van der Waals surface area contributed by atoms with Gasteiger partial charge in [-0.3, -0.25) is 4.79 Å². The molecule has 1 aliphatic heterocycles. The van der Waals surface area contributed by atoms with Crippen molar-refractivity contribution in [2.45, 2.75) is 54.2 Å². The molecule has 3 nitrogen and oxygen atoms in total. The van der Waals surface area contributed by atoms with Crippen LogP contribution < -0.4 is 10.6 Å². The van der Waals surface area contributed by atoms with Gasteiger partial charge in [-0.15, -0.1) is 24.2 Å². The van der Waals surface area contributed by atoms with Crippen LogP contribution in [0.25, 0.3) is 0 Å². The van der Waals surface area contributed by atoms with Crippen molar-refractivity contribution in [3.8, 4) is 0 Å². The second-order valence-corrected chi connectivity index (χ2v) is 7.59. The van der Waals surface area contributed by atoms with Crippen molar-refractivity contribution in [2.75, 3.05) is 13.1 Å². The number of carbonyl (C=O) groups is 1. The third kappa shape index (κ3) is 4.18. The maximum absolute atomic E-state index is 12.9. The van der Waals surface area contributed by atoms with Crippen LogP contribution in [0.1, 0.15) is 38.5 Å². The van der Waals surface area contributed by atoms with Crippen LogP contribution in [-0.2, 0) is 4.79 Å². The van der Waals surface area contributed by atoms with Crippen molar-refractivity contribution >= 4 is 30.1 Å². The predicted octanol–water partition coefficient (Wildman–Crippen LogP) is 3.38. The molecule has 1 saturated carbocycles. The molecule has 0 radical (unpaired) electrons. The van der Waals surface area contributed by atoms with Gasteiger partial charge >= 0.3 is 0 Å². The van der Waals surface area contributed by atoms with Gasteiger partial charge in [-0.25, -0.2) is 0 Å². The van der Waals surface area contributed by atoms with Gasteiger partial charge in [0, 0.05) is 17.5 Å². The first-order chi connectivity index (χ1) is 10.3. The number of hydrogen-bond acceptors (Lipinski definition) is 3. The Morgan fingerprint density at radius 1 is 1.18 bits per heavy atom. The maximum atomic E-state index is 12.9. The van der Waals surface area contributed by atoms with Crippen molar-refractivity contribution in [3.63, 3.8) is 0 Å². The number of benzene rings is 1. The minimum absolute atomic E-state index is 0. The highest BCUT2D eigenvalue weighted by Crippen LogP contribution is 2.45. The van der Waals surface area contributed by atoms with E-state index in [4.69, 9.17) is 0 Å². The minimum atomic E-state index is -0.251. The first kappa shape index (κ1) is 17.6. The molecule has 1 aromatic carbocycles. The lowest BCUT2D eigenvalue weighted by Gasteiger charge is -2.31. The lowest BCUT2D eigenvalue weighted by molar-refractivity contribution is -0.124.